The van der Waals surface area contributed by atoms with Gasteiger partial charge in [-0.2, -0.15) is 0 Å². The smallest absolute Gasteiger partial charge is 0.262 e. The Hall–Kier alpha value is -2.22. The van der Waals surface area contributed by atoms with Crippen LogP contribution in [0.3, 0.4) is 0 Å². The number of nitrogens with zero attached hydrogens (tertiary/aromatic N) is 2. The first-order chi connectivity index (χ1) is 14.2. The van der Waals surface area contributed by atoms with E-state index in [4.69, 9.17) is 4.98 Å². The molecule has 1 aliphatic carbocycles. The van der Waals surface area contributed by atoms with Gasteiger partial charge in [0.25, 0.3) is 5.56 Å². The molecular formula is C22H20N2O3S2. The molecule has 1 aliphatic heterocycles. The van der Waals surface area contributed by atoms with Gasteiger partial charge in [-0.05, 0) is 43.4 Å². The van der Waals surface area contributed by atoms with Gasteiger partial charge in [-0.1, -0.05) is 24.6 Å². The van der Waals surface area contributed by atoms with Gasteiger partial charge < -0.3 is 4.55 Å². The second-order valence-corrected chi connectivity index (χ2v) is 9.86. The highest BCUT2D eigenvalue weighted by atomic mass is 32.2. The number of carbonyl (C=O) groups is 1. The van der Waals surface area contributed by atoms with Gasteiger partial charge in [0.15, 0.2) is 16.1 Å². The summed E-state index contributed by atoms with van der Waals surface area (Å²) in [6.07, 6.45) is 5.88. The van der Waals surface area contributed by atoms with Crippen molar-refractivity contribution in [1.82, 2.24) is 9.55 Å². The fraction of sp³-hybridized carbons (Fsp3) is 0.318. The molecule has 0 N–H and O–H groups in total. The lowest BCUT2D eigenvalue weighted by Gasteiger charge is -2.19. The predicted octanol–water partition coefficient (Wildman–Crippen LogP) is 3.85. The third-order valence-electron chi connectivity index (χ3n) is 5.70. The standard InChI is InChI=1S/C22H20N2O3S2/c25-13-14-10-11-16-18-21(23-17-9-5-2-6-12-24(17)22(18)26)28-19(16)20(14)29(27)15-7-3-1-4-8-15/h1,3-4,7-8,13H,2,5-6,9-12H2. The highest BCUT2D eigenvalue weighted by Gasteiger charge is 2.34. The summed E-state index contributed by atoms with van der Waals surface area (Å²) in [7, 11) is 0. The molecular weight excluding hydrogens is 404 g/mol. The number of aldehydes is 1. The van der Waals surface area contributed by atoms with Crippen LogP contribution in [0.1, 0.15) is 41.9 Å². The lowest BCUT2D eigenvalue weighted by Crippen LogP contribution is -2.25. The molecule has 1 aromatic carbocycles. The van der Waals surface area contributed by atoms with E-state index >= 15 is 0 Å². The molecule has 0 spiro atoms. The fourth-order valence-electron chi connectivity index (χ4n) is 4.25. The van der Waals surface area contributed by atoms with E-state index in [2.05, 4.69) is 0 Å². The molecule has 0 saturated heterocycles. The van der Waals surface area contributed by atoms with Crippen LogP contribution in [0.15, 0.2) is 45.6 Å². The molecule has 3 heterocycles. The minimum absolute atomic E-state index is 0.0174. The molecule has 0 fully saturated rings. The summed E-state index contributed by atoms with van der Waals surface area (Å²) in [6.45, 7) is 0.708. The summed E-state index contributed by atoms with van der Waals surface area (Å²) in [5, 5.41) is 0.656. The van der Waals surface area contributed by atoms with Gasteiger partial charge >= 0.3 is 0 Å². The van der Waals surface area contributed by atoms with Gasteiger partial charge in [-0.15, -0.1) is 11.3 Å². The van der Waals surface area contributed by atoms with Crippen LogP contribution in [-0.4, -0.2) is 20.4 Å². The van der Waals surface area contributed by atoms with E-state index in [9.17, 15) is 14.1 Å². The summed E-state index contributed by atoms with van der Waals surface area (Å²) in [4.78, 5) is 32.6. The maximum atomic E-state index is 13.4. The molecule has 3 aromatic rings. The van der Waals surface area contributed by atoms with Gasteiger partial charge in [0.1, 0.15) is 10.7 Å². The molecule has 5 nitrogen and oxygen atoms in total. The monoisotopic (exact) mass is 424 g/mol. The zero-order chi connectivity index (χ0) is 20.0. The lowest BCUT2D eigenvalue weighted by atomic mass is 9.97. The van der Waals surface area contributed by atoms with Crippen molar-refractivity contribution in [2.75, 3.05) is 0 Å². The highest BCUT2D eigenvalue weighted by Crippen LogP contribution is 2.44. The average molecular weight is 425 g/mol. The number of hydrogen-bond acceptors (Lipinski definition) is 5. The number of carbonyl (C=O) groups excluding carboxylic acids is 1. The predicted molar refractivity (Wildman–Crippen MR) is 116 cm³/mol. The van der Waals surface area contributed by atoms with E-state index in [1.54, 1.807) is 0 Å². The summed E-state index contributed by atoms with van der Waals surface area (Å²) >= 11 is -0.0675. The second-order valence-electron chi connectivity index (χ2n) is 7.44. The maximum absolute atomic E-state index is 13.4. The molecule has 1 unspecified atom stereocenters. The number of thiophene rings is 1. The van der Waals surface area contributed by atoms with Crippen molar-refractivity contribution in [1.29, 1.82) is 0 Å². The Labute approximate surface area is 175 Å². The Bertz CT molecular complexity index is 1190. The van der Waals surface area contributed by atoms with Crippen LogP contribution in [0, 0.1) is 0 Å². The Balaban J connectivity index is 1.74. The largest absolute Gasteiger partial charge is 0.606 e. The van der Waals surface area contributed by atoms with Crippen LogP contribution in [0.4, 0.5) is 0 Å². The van der Waals surface area contributed by atoms with Crippen LogP contribution in [0.2, 0.25) is 0 Å². The number of hydrogen-bond donors (Lipinski definition) is 0. The van der Waals surface area contributed by atoms with Crippen LogP contribution in [0.5, 0.6) is 0 Å². The van der Waals surface area contributed by atoms with Gasteiger partial charge in [-0.3, -0.25) is 14.2 Å². The van der Waals surface area contributed by atoms with Crippen molar-refractivity contribution < 1.29 is 9.35 Å². The van der Waals surface area contributed by atoms with Crippen molar-refractivity contribution >= 4 is 43.9 Å². The maximum Gasteiger partial charge on any atom is 0.262 e. The van der Waals surface area contributed by atoms with Crippen molar-refractivity contribution in [2.45, 2.75) is 50.0 Å². The van der Waals surface area contributed by atoms with Crippen LogP contribution >= 0.6 is 11.3 Å². The summed E-state index contributed by atoms with van der Waals surface area (Å²) in [5.74, 6) is 0.851. The molecule has 148 valence electrons. The normalized spacial score (nSPS) is 17.6. The molecule has 2 aliphatic rings. The fourth-order valence-corrected chi connectivity index (χ4v) is 7.13. The minimum Gasteiger partial charge on any atom is -0.606 e. The van der Waals surface area contributed by atoms with Crippen LogP contribution < -0.4 is 5.56 Å². The SMILES string of the molecule is O=CC1=C([S+]([O-])c2ccccc2)c2sc3nc4n(c(=O)c3c2CC1)CCCCC4. The Morgan fingerprint density at radius 3 is 2.72 bits per heavy atom. The minimum atomic E-state index is -1.48. The van der Waals surface area contributed by atoms with Crippen LogP contribution in [0.25, 0.3) is 15.1 Å². The molecule has 1 atom stereocenters. The molecule has 7 heteroatoms. The second kappa shape index (κ2) is 7.55. The van der Waals surface area contributed by atoms with Crippen molar-refractivity contribution in [3.8, 4) is 0 Å². The molecule has 0 saturated carbocycles. The van der Waals surface area contributed by atoms with E-state index in [1.807, 2.05) is 34.9 Å². The topological polar surface area (TPSA) is 75.0 Å². The first-order valence-corrected chi connectivity index (χ1v) is 11.9. The van der Waals surface area contributed by atoms with Gasteiger partial charge in [0.05, 0.1) is 10.3 Å². The van der Waals surface area contributed by atoms with Gasteiger partial charge in [-0.25, -0.2) is 4.98 Å². The molecule has 0 radical (unpaired) electrons. The zero-order valence-electron chi connectivity index (χ0n) is 15.8. The number of rotatable bonds is 3. The summed E-state index contributed by atoms with van der Waals surface area (Å²) in [6, 6.07) is 9.17. The number of fused-ring (bicyclic) bond motifs is 4. The summed E-state index contributed by atoms with van der Waals surface area (Å²) < 4.78 is 15.2. The Morgan fingerprint density at radius 1 is 1.10 bits per heavy atom. The first kappa shape index (κ1) is 18.8. The van der Waals surface area contributed by atoms with Crippen molar-refractivity contribution in [3.63, 3.8) is 0 Å². The molecule has 0 amide bonds. The number of aryl methyl sites for hydroxylation is 2. The quantitative estimate of drug-likeness (QED) is 0.473. The third-order valence-corrected chi connectivity index (χ3v) is 8.51. The van der Waals surface area contributed by atoms with E-state index in [-0.39, 0.29) is 5.56 Å². The van der Waals surface area contributed by atoms with Crippen LogP contribution in [-0.2, 0) is 35.4 Å². The molecule has 5 rings (SSSR count). The van der Waals surface area contributed by atoms with Crippen molar-refractivity contribution in [2.24, 2.45) is 0 Å². The van der Waals surface area contributed by atoms with Gasteiger partial charge in [0, 0.05) is 29.7 Å². The molecule has 2 aromatic heterocycles. The average Bonchev–Trinajstić information content (AvgIpc) is 2.95. The van der Waals surface area contributed by atoms with Crippen molar-refractivity contribution in [3.05, 3.63) is 62.5 Å². The van der Waals surface area contributed by atoms with E-state index in [0.29, 0.717) is 45.0 Å². The Kier molecular flexibility index (Phi) is 4.89. The molecule has 0 bridgehead atoms. The lowest BCUT2D eigenvalue weighted by molar-refractivity contribution is -0.105. The van der Waals surface area contributed by atoms with E-state index < -0.39 is 11.2 Å². The summed E-state index contributed by atoms with van der Waals surface area (Å²) in [5.41, 5.74) is 1.49. The highest BCUT2D eigenvalue weighted by molar-refractivity contribution is 8.01. The van der Waals surface area contributed by atoms with Gasteiger partial charge in [0.2, 0.25) is 0 Å². The molecule has 29 heavy (non-hydrogen) atoms. The van der Waals surface area contributed by atoms with E-state index in [0.717, 1.165) is 48.2 Å². The van der Waals surface area contributed by atoms with E-state index in [1.165, 1.54) is 11.3 Å². The zero-order valence-corrected chi connectivity index (χ0v) is 17.5. The number of allylic oxidation sites excluding steroid dienone is 1. The first-order valence-electron chi connectivity index (χ1n) is 9.89. The number of aromatic nitrogens is 2. The number of benzene rings is 1. The third kappa shape index (κ3) is 3.08. The Morgan fingerprint density at radius 2 is 1.93 bits per heavy atom.